The molecule has 0 spiro atoms. The minimum Gasteiger partial charge on any atom is -0.396 e. The van der Waals surface area contributed by atoms with Gasteiger partial charge in [0.05, 0.1) is 0 Å². The van der Waals surface area contributed by atoms with Crippen molar-refractivity contribution in [2.24, 2.45) is 10.2 Å². The summed E-state index contributed by atoms with van der Waals surface area (Å²) >= 11 is 0. The Morgan fingerprint density at radius 3 is 2.29 bits per heavy atom. The molecule has 0 aromatic carbocycles. The van der Waals surface area contributed by atoms with Crippen LogP contribution in [0.25, 0.3) is 0 Å². The van der Waals surface area contributed by atoms with E-state index in [9.17, 15) is 0 Å². The predicted molar refractivity (Wildman–Crippen MR) is 25.0 cm³/mol. The van der Waals surface area contributed by atoms with Gasteiger partial charge in [0.25, 0.3) is 0 Å². The van der Waals surface area contributed by atoms with Crippen LogP contribution < -0.4 is 0 Å². The van der Waals surface area contributed by atoms with Crippen LogP contribution in [0.2, 0.25) is 0 Å². The van der Waals surface area contributed by atoms with E-state index in [0.29, 0.717) is 6.42 Å². The summed E-state index contributed by atoms with van der Waals surface area (Å²) in [5.41, 5.74) is -0.200. The van der Waals surface area contributed by atoms with Crippen LogP contribution in [0.15, 0.2) is 10.2 Å². The molecule has 0 unspecified atom stereocenters. The van der Waals surface area contributed by atoms with Gasteiger partial charge in [0.15, 0.2) is 5.66 Å². The standard InChI is InChI=1S/C4H8N2O/c1-4(2-3-7)5-6-4/h7H,2-3H2,1H3. The Morgan fingerprint density at radius 2 is 2.14 bits per heavy atom. The van der Waals surface area contributed by atoms with Gasteiger partial charge in [-0.05, 0) is 6.92 Å². The average molecular weight is 100 g/mol. The summed E-state index contributed by atoms with van der Waals surface area (Å²) in [7, 11) is 0. The lowest BCUT2D eigenvalue weighted by Crippen LogP contribution is -2.05. The molecule has 7 heavy (non-hydrogen) atoms. The molecule has 1 heterocycles. The van der Waals surface area contributed by atoms with E-state index in [1.54, 1.807) is 0 Å². The lowest BCUT2D eigenvalue weighted by molar-refractivity contribution is 0.270. The Morgan fingerprint density at radius 1 is 1.57 bits per heavy atom. The lowest BCUT2D eigenvalue weighted by atomic mass is 10.2. The fourth-order valence-electron chi connectivity index (χ4n) is 0.397. The van der Waals surface area contributed by atoms with Gasteiger partial charge in [-0.2, -0.15) is 10.2 Å². The molecule has 1 aliphatic heterocycles. The number of hydrogen-bond donors (Lipinski definition) is 1. The Balaban J connectivity index is 2.16. The van der Waals surface area contributed by atoms with Gasteiger partial charge in [-0.15, -0.1) is 0 Å². The third-order valence-electron chi connectivity index (χ3n) is 1.03. The Hall–Kier alpha value is -0.440. The van der Waals surface area contributed by atoms with Gasteiger partial charge in [-0.3, -0.25) is 0 Å². The molecule has 1 aliphatic rings. The van der Waals surface area contributed by atoms with Crippen LogP contribution in [-0.2, 0) is 0 Å². The molecule has 0 bridgehead atoms. The number of hydrogen-bond acceptors (Lipinski definition) is 3. The molecule has 0 fully saturated rings. The first-order valence-electron chi connectivity index (χ1n) is 2.32. The van der Waals surface area contributed by atoms with E-state index in [0.717, 1.165) is 0 Å². The fourth-order valence-corrected chi connectivity index (χ4v) is 0.397. The molecule has 3 heteroatoms. The number of nitrogens with zero attached hydrogens (tertiary/aromatic N) is 2. The maximum atomic E-state index is 8.32. The van der Waals surface area contributed by atoms with Crippen molar-refractivity contribution < 1.29 is 5.11 Å². The first-order chi connectivity index (χ1) is 3.27. The fraction of sp³-hybridized carbons (Fsp3) is 1.00. The maximum Gasteiger partial charge on any atom is 0.190 e. The zero-order valence-electron chi connectivity index (χ0n) is 4.26. The average Bonchev–Trinajstić information content (AvgIpc) is 2.22. The molecule has 0 aliphatic carbocycles. The van der Waals surface area contributed by atoms with Crippen molar-refractivity contribution in [3.05, 3.63) is 0 Å². The Labute approximate surface area is 42.1 Å². The molecule has 0 saturated heterocycles. The molecule has 0 atom stereocenters. The lowest BCUT2D eigenvalue weighted by Gasteiger charge is -1.95. The first-order valence-corrected chi connectivity index (χ1v) is 2.32. The van der Waals surface area contributed by atoms with Gasteiger partial charge >= 0.3 is 0 Å². The number of aliphatic hydroxyl groups is 1. The SMILES string of the molecule is CC1(CCO)N=N1. The van der Waals surface area contributed by atoms with Crippen molar-refractivity contribution >= 4 is 0 Å². The monoisotopic (exact) mass is 100 g/mol. The van der Waals surface area contributed by atoms with Crippen LogP contribution >= 0.6 is 0 Å². The van der Waals surface area contributed by atoms with Gasteiger partial charge in [-0.25, -0.2) is 0 Å². The summed E-state index contributed by atoms with van der Waals surface area (Å²) < 4.78 is 0. The highest BCUT2D eigenvalue weighted by molar-refractivity contribution is 4.86. The minimum atomic E-state index is -0.200. The summed E-state index contributed by atoms with van der Waals surface area (Å²) in [5, 5.41) is 15.7. The van der Waals surface area contributed by atoms with Gasteiger partial charge in [0.1, 0.15) is 0 Å². The molecule has 1 N–H and O–H groups in total. The van der Waals surface area contributed by atoms with Gasteiger partial charge in [0.2, 0.25) is 0 Å². The predicted octanol–water partition coefficient (Wildman–Crippen LogP) is 0.551. The van der Waals surface area contributed by atoms with Crippen molar-refractivity contribution in [3.8, 4) is 0 Å². The van der Waals surface area contributed by atoms with Crippen LogP contribution in [0.4, 0.5) is 0 Å². The van der Waals surface area contributed by atoms with Crippen LogP contribution in [0.1, 0.15) is 13.3 Å². The molecule has 40 valence electrons. The van der Waals surface area contributed by atoms with E-state index >= 15 is 0 Å². The van der Waals surface area contributed by atoms with E-state index < -0.39 is 0 Å². The van der Waals surface area contributed by atoms with Crippen LogP contribution in [0.3, 0.4) is 0 Å². The summed E-state index contributed by atoms with van der Waals surface area (Å²) in [4.78, 5) is 0. The Kier molecular flexibility index (Phi) is 0.852. The molecule has 3 nitrogen and oxygen atoms in total. The van der Waals surface area contributed by atoms with Crippen LogP contribution in [-0.4, -0.2) is 17.4 Å². The van der Waals surface area contributed by atoms with E-state index in [4.69, 9.17) is 5.11 Å². The van der Waals surface area contributed by atoms with E-state index in [2.05, 4.69) is 10.2 Å². The molecular formula is C4H8N2O. The third-order valence-corrected chi connectivity index (χ3v) is 1.03. The van der Waals surface area contributed by atoms with Gasteiger partial charge in [0, 0.05) is 13.0 Å². The highest BCUT2D eigenvalue weighted by Crippen LogP contribution is 2.29. The molecule has 0 saturated carbocycles. The number of rotatable bonds is 2. The third kappa shape index (κ3) is 0.962. The van der Waals surface area contributed by atoms with Crippen molar-refractivity contribution in [3.63, 3.8) is 0 Å². The first kappa shape index (κ1) is 4.71. The molecule has 1 rings (SSSR count). The topological polar surface area (TPSA) is 45.0 Å². The summed E-state index contributed by atoms with van der Waals surface area (Å²) in [6.45, 7) is 2.08. The maximum absolute atomic E-state index is 8.32. The van der Waals surface area contributed by atoms with E-state index in [-0.39, 0.29) is 12.3 Å². The Bertz CT molecular complexity index is 93.9. The second-order valence-electron chi connectivity index (χ2n) is 1.89. The summed E-state index contributed by atoms with van der Waals surface area (Å²) in [6, 6.07) is 0. The van der Waals surface area contributed by atoms with Crippen molar-refractivity contribution in [2.45, 2.75) is 19.0 Å². The highest BCUT2D eigenvalue weighted by atomic mass is 16.3. The van der Waals surface area contributed by atoms with E-state index in [1.807, 2.05) is 6.92 Å². The zero-order valence-corrected chi connectivity index (χ0v) is 4.26. The normalized spacial score (nSPS) is 22.6. The van der Waals surface area contributed by atoms with Gasteiger partial charge in [-0.1, -0.05) is 0 Å². The second kappa shape index (κ2) is 1.26. The van der Waals surface area contributed by atoms with Gasteiger partial charge < -0.3 is 5.11 Å². The summed E-state index contributed by atoms with van der Waals surface area (Å²) in [6.07, 6.45) is 0.674. The molecule has 0 aromatic heterocycles. The molecule has 0 radical (unpaired) electrons. The molecule has 0 amide bonds. The van der Waals surface area contributed by atoms with Crippen molar-refractivity contribution in [1.82, 2.24) is 0 Å². The highest BCUT2D eigenvalue weighted by Gasteiger charge is 2.32. The molecular weight excluding hydrogens is 92.1 g/mol. The minimum absolute atomic E-state index is 0.184. The second-order valence-corrected chi connectivity index (χ2v) is 1.89. The summed E-state index contributed by atoms with van der Waals surface area (Å²) in [5.74, 6) is 0. The quantitative estimate of drug-likeness (QED) is 0.541. The van der Waals surface area contributed by atoms with Crippen molar-refractivity contribution in [2.75, 3.05) is 6.61 Å². The largest absolute Gasteiger partial charge is 0.396 e. The van der Waals surface area contributed by atoms with Crippen LogP contribution in [0.5, 0.6) is 0 Å². The number of aliphatic hydroxyl groups excluding tert-OH is 1. The zero-order chi connectivity index (χ0) is 5.33. The smallest absolute Gasteiger partial charge is 0.190 e. The van der Waals surface area contributed by atoms with Crippen molar-refractivity contribution in [1.29, 1.82) is 0 Å². The van der Waals surface area contributed by atoms with E-state index in [1.165, 1.54) is 0 Å². The van der Waals surface area contributed by atoms with Crippen LogP contribution in [0, 0.1) is 0 Å². The molecule has 0 aromatic rings.